The van der Waals surface area contributed by atoms with Gasteiger partial charge in [-0.25, -0.2) is 0 Å². The zero-order valence-electron chi connectivity index (χ0n) is 12.9. The highest BCUT2D eigenvalue weighted by atomic mass is 16.2. The Labute approximate surface area is 121 Å². The van der Waals surface area contributed by atoms with Gasteiger partial charge in [-0.3, -0.25) is 14.5 Å². The zero-order valence-corrected chi connectivity index (χ0v) is 12.9. The van der Waals surface area contributed by atoms with Crippen molar-refractivity contribution in [2.75, 3.05) is 39.8 Å². The minimum Gasteiger partial charge on any atom is -0.355 e. The quantitative estimate of drug-likeness (QED) is 0.698. The molecule has 1 saturated heterocycles. The second kappa shape index (κ2) is 8.21. The van der Waals surface area contributed by atoms with Crippen LogP contribution in [0.3, 0.4) is 0 Å². The molecule has 0 aromatic rings. The molecule has 1 heterocycles. The molecule has 0 spiro atoms. The lowest BCUT2D eigenvalue weighted by molar-refractivity contribution is -0.136. The Morgan fingerprint density at radius 1 is 1.45 bits per heavy atom. The lowest BCUT2D eigenvalue weighted by Crippen LogP contribution is -2.50. The van der Waals surface area contributed by atoms with Crippen molar-refractivity contribution in [3.63, 3.8) is 0 Å². The fraction of sp³-hybridized carbons (Fsp3) is 0.857. The first-order valence-corrected chi connectivity index (χ1v) is 7.42. The first-order chi connectivity index (χ1) is 9.43. The van der Waals surface area contributed by atoms with E-state index in [4.69, 9.17) is 5.73 Å². The van der Waals surface area contributed by atoms with Crippen LogP contribution in [0.2, 0.25) is 0 Å². The topological polar surface area (TPSA) is 78.7 Å². The van der Waals surface area contributed by atoms with Crippen LogP contribution in [0.4, 0.5) is 0 Å². The van der Waals surface area contributed by atoms with Crippen LogP contribution in [0.15, 0.2) is 0 Å². The molecule has 0 radical (unpaired) electrons. The second-order valence-corrected chi connectivity index (χ2v) is 5.76. The summed E-state index contributed by atoms with van der Waals surface area (Å²) in [7, 11) is 1.67. The van der Waals surface area contributed by atoms with Crippen molar-refractivity contribution in [1.82, 2.24) is 15.1 Å². The van der Waals surface area contributed by atoms with Gasteiger partial charge in [0, 0.05) is 32.7 Å². The maximum Gasteiger partial charge on any atom is 0.239 e. The molecular formula is C14H28N4O2. The Balaban J connectivity index is 2.32. The summed E-state index contributed by atoms with van der Waals surface area (Å²) in [4.78, 5) is 27.3. The molecule has 0 aromatic heterocycles. The largest absolute Gasteiger partial charge is 0.355 e. The van der Waals surface area contributed by atoms with E-state index < -0.39 is 0 Å². The molecule has 6 heteroatoms. The number of carbonyl (C=O) groups is 2. The highest BCUT2D eigenvalue weighted by Gasteiger charge is 2.25. The van der Waals surface area contributed by atoms with Gasteiger partial charge in [-0.1, -0.05) is 13.8 Å². The molecule has 0 saturated carbocycles. The Hall–Kier alpha value is -1.14. The van der Waals surface area contributed by atoms with Crippen molar-refractivity contribution < 1.29 is 9.59 Å². The van der Waals surface area contributed by atoms with Gasteiger partial charge in [0.15, 0.2) is 0 Å². The molecule has 20 heavy (non-hydrogen) atoms. The zero-order chi connectivity index (χ0) is 15.1. The van der Waals surface area contributed by atoms with E-state index in [0.717, 1.165) is 25.9 Å². The van der Waals surface area contributed by atoms with Gasteiger partial charge in [0.05, 0.1) is 13.1 Å². The van der Waals surface area contributed by atoms with Gasteiger partial charge in [-0.15, -0.1) is 0 Å². The predicted octanol–water partition coefficient (Wildman–Crippen LogP) is -0.360. The monoisotopic (exact) mass is 284 g/mol. The van der Waals surface area contributed by atoms with Gasteiger partial charge in [-0.2, -0.15) is 0 Å². The number of nitrogens with two attached hydrogens (primary N) is 1. The first kappa shape index (κ1) is 16.9. The van der Waals surface area contributed by atoms with Crippen molar-refractivity contribution in [3.8, 4) is 0 Å². The molecule has 1 aliphatic heterocycles. The third-order valence-electron chi connectivity index (χ3n) is 3.79. The number of piperidine rings is 1. The number of carbonyl (C=O) groups excluding carboxylic acids is 2. The maximum absolute atomic E-state index is 12.1. The second-order valence-electron chi connectivity index (χ2n) is 5.76. The Kier molecular flexibility index (Phi) is 6.95. The van der Waals surface area contributed by atoms with E-state index in [1.54, 1.807) is 7.05 Å². The molecule has 0 aromatic carbocycles. The summed E-state index contributed by atoms with van der Waals surface area (Å²) in [6.07, 6.45) is 1.82. The van der Waals surface area contributed by atoms with E-state index in [-0.39, 0.29) is 24.4 Å². The van der Waals surface area contributed by atoms with E-state index in [1.165, 1.54) is 4.90 Å². The average Bonchev–Trinajstić information content (AvgIpc) is 2.40. The van der Waals surface area contributed by atoms with Crippen molar-refractivity contribution in [2.24, 2.45) is 11.7 Å². The minimum atomic E-state index is -0.100. The van der Waals surface area contributed by atoms with Gasteiger partial charge >= 0.3 is 0 Å². The molecule has 116 valence electrons. The van der Waals surface area contributed by atoms with E-state index in [0.29, 0.717) is 19.0 Å². The summed E-state index contributed by atoms with van der Waals surface area (Å²) in [5.74, 6) is 0.297. The maximum atomic E-state index is 12.1. The molecule has 1 aliphatic rings. The molecule has 3 N–H and O–H groups in total. The number of hydrogen-bond acceptors (Lipinski definition) is 4. The van der Waals surface area contributed by atoms with E-state index in [2.05, 4.69) is 17.1 Å². The number of likely N-dealkylation sites (tertiary alicyclic amines) is 1. The molecule has 2 amide bonds. The fourth-order valence-electron chi connectivity index (χ4n) is 2.33. The smallest absolute Gasteiger partial charge is 0.239 e. The molecule has 0 bridgehead atoms. The third kappa shape index (κ3) is 5.46. The molecule has 1 fully saturated rings. The van der Waals surface area contributed by atoms with Crippen LogP contribution in [0, 0.1) is 5.92 Å². The molecule has 6 nitrogen and oxygen atoms in total. The summed E-state index contributed by atoms with van der Waals surface area (Å²) >= 11 is 0. The highest BCUT2D eigenvalue weighted by molar-refractivity contribution is 5.85. The average molecular weight is 284 g/mol. The van der Waals surface area contributed by atoms with Crippen LogP contribution in [0.5, 0.6) is 0 Å². The Morgan fingerprint density at radius 2 is 2.15 bits per heavy atom. The molecular weight excluding hydrogens is 256 g/mol. The number of amides is 2. The lowest BCUT2D eigenvalue weighted by Gasteiger charge is -2.35. The standard InChI is InChI=1S/C14H28N4O2/c1-4-6-16-13(19)9-17(3)14(20)10-18-7-5-12(15)11(2)8-18/h11-12H,4-10,15H2,1-3H3,(H,16,19). The van der Waals surface area contributed by atoms with Crippen LogP contribution in [0.25, 0.3) is 0 Å². The van der Waals surface area contributed by atoms with Crippen LogP contribution in [0.1, 0.15) is 26.7 Å². The Morgan fingerprint density at radius 3 is 2.75 bits per heavy atom. The lowest BCUT2D eigenvalue weighted by atomic mass is 9.95. The number of rotatable bonds is 6. The van der Waals surface area contributed by atoms with Crippen molar-refractivity contribution in [2.45, 2.75) is 32.7 Å². The molecule has 2 unspecified atom stereocenters. The van der Waals surface area contributed by atoms with Crippen LogP contribution >= 0.6 is 0 Å². The van der Waals surface area contributed by atoms with Crippen LogP contribution in [-0.4, -0.2) is 67.4 Å². The summed E-state index contributed by atoms with van der Waals surface area (Å²) < 4.78 is 0. The molecule has 1 rings (SSSR count). The highest BCUT2D eigenvalue weighted by Crippen LogP contribution is 2.14. The fourth-order valence-corrected chi connectivity index (χ4v) is 2.33. The van der Waals surface area contributed by atoms with Crippen molar-refractivity contribution in [3.05, 3.63) is 0 Å². The normalized spacial score (nSPS) is 23.4. The van der Waals surface area contributed by atoms with Gasteiger partial charge in [0.1, 0.15) is 0 Å². The van der Waals surface area contributed by atoms with E-state index in [9.17, 15) is 9.59 Å². The van der Waals surface area contributed by atoms with Crippen LogP contribution in [-0.2, 0) is 9.59 Å². The summed E-state index contributed by atoms with van der Waals surface area (Å²) in [5.41, 5.74) is 5.97. The van der Waals surface area contributed by atoms with Crippen molar-refractivity contribution in [1.29, 1.82) is 0 Å². The summed E-state index contributed by atoms with van der Waals surface area (Å²) in [6, 6.07) is 0.235. The predicted molar refractivity (Wildman–Crippen MR) is 79.1 cm³/mol. The van der Waals surface area contributed by atoms with Crippen LogP contribution < -0.4 is 11.1 Å². The summed E-state index contributed by atoms with van der Waals surface area (Å²) in [6.45, 7) is 6.97. The van der Waals surface area contributed by atoms with Crippen molar-refractivity contribution >= 4 is 11.8 Å². The van der Waals surface area contributed by atoms with Gasteiger partial charge in [0.2, 0.25) is 11.8 Å². The third-order valence-corrected chi connectivity index (χ3v) is 3.79. The van der Waals surface area contributed by atoms with E-state index >= 15 is 0 Å². The van der Waals surface area contributed by atoms with Gasteiger partial charge < -0.3 is 16.0 Å². The number of likely N-dealkylation sites (N-methyl/N-ethyl adjacent to an activating group) is 1. The number of nitrogens with one attached hydrogen (secondary N) is 1. The Bertz CT molecular complexity index is 335. The minimum absolute atomic E-state index is 0.0145. The van der Waals surface area contributed by atoms with Gasteiger partial charge in [0.25, 0.3) is 0 Å². The van der Waals surface area contributed by atoms with Gasteiger partial charge in [-0.05, 0) is 18.8 Å². The molecule has 2 atom stereocenters. The first-order valence-electron chi connectivity index (χ1n) is 7.42. The number of hydrogen-bond donors (Lipinski definition) is 2. The summed E-state index contributed by atoms with van der Waals surface area (Å²) in [5, 5.41) is 2.77. The molecule has 0 aliphatic carbocycles. The SMILES string of the molecule is CCCNC(=O)CN(C)C(=O)CN1CCC(N)C(C)C1. The van der Waals surface area contributed by atoms with E-state index in [1.807, 2.05) is 6.92 Å². The number of nitrogens with zero attached hydrogens (tertiary/aromatic N) is 2.